The van der Waals surface area contributed by atoms with Crippen molar-refractivity contribution in [2.24, 2.45) is 0 Å². The molecule has 6 heteroatoms. The molecule has 2 heterocycles. The highest BCUT2D eigenvalue weighted by molar-refractivity contribution is 5.92. The Morgan fingerprint density at radius 3 is 3.00 bits per heavy atom. The molecule has 0 atom stereocenters. The van der Waals surface area contributed by atoms with Crippen molar-refractivity contribution < 1.29 is 4.39 Å². The average Bonchev–Trinajstić information content (AvgIpc) is 2.96. The number of aromatic nitrogens is 4. The fourth-order valence-electron chi connectivity index (χ4n) is 2.31. The summed E-state index contributed by atoms with van der Waals surface area (Å²) >= 11 is 0. The Morgan fingerprint density at radius 2 is 2.05 bits per heavy atom. The van der Waals surface area contributed by atoms with Crippen LogP contribution in [0.4, 0.5) is 15.9 Å². The number of anilines is 2. The summed E-state index contributed by atoms with van der Waals surface area (Å²) in [6.45, 7) is 0. The molecule has 5 nitrogen and oxygen atoms in total. The number of hydrogen-bond donors (Lipinski definition) is 2. The minimum Gasteiger partial charge on any atom is -0.340 e. The third kappa shape index (κ3) is 1.97. The van der Waals surface area contributed by atoms with E-state index >= 15 is 0 Å². The van der Waals surface area contributed by atoms with Gasteiger partial charge in [-0.25, -0.2) is 14.4 Å². The lowest BCUT2D eigenvalue weighted by molar-refractivity contribution is 0.636. The van der Waals surface area contributed by atoms with Crippen molar-refractivity contribution >= 4 is 33.3 Å². The predicted molar refractivity (Wildman–Crippen MR) is 78.9 cm³/mol. The average molecular weight is 279 g/mol. The quantitative estimate of drug-likeness (QED) is 0.590. The van der Waals surface area contributed by atoms with E-state index in [0.717, 1.165) is 16.6 Å². The SMILES string of the molecule is Fc1cccc2c(Nc3ccc4[nH]ncc4c3)ncnc12. The maximum atomic E-state index is 13.7. The van der Waals surface area contributed by atoms with E-state index in [0.29, 0.717) is 16.7 Å². The van der Waals surface area contributed by atoms with Crippen LogP contribution in [0.2, 0.25) is 0 Å². The lowest BCUT2D eigenvalue weighted by Gasteiger charge is -2.08. The fraction of sp³-hybridized carbons (Fsp3) is 0. The van der Waals surface area contributed by atoms with Gasteiger partial charge in [-0.1, -0.05) is 6.07 Å². The van der Waals surface area contributed by atoms with Crippen molar-refractivity contribution in [1.82, 2.24) is 20.2 Å². The molecule has 21 heavy (non-hydrogen) atoms. The Morgan fingerprint density at radius 1 is 1.10 bits per heavy atom. The molecule has 0 unspecified atom stereocenters. The molecule has 0 spiro atoms. The molecule has 0 aliphatic carbocycles. The summed E-state index contributed by atoms with van der Waals surface area (Å²) in [5, 5.41) is 11.7. The molecule has 0 amide bonds. The zero-order valence-electron chi connectivity index (χ0n) is 10.8. The first-order valence-electron chi connectivity index (χ1n) is 6.41. The van der Waals surface area contributed by atoms with E-state index in [4.69, 9.17) is 0 Å². The second kappa shape index (κ2) is 4.52. The Labute approximate surface area is 118 Å². The van der Waals surface area contributed by atoms with E-state index in [1.807, 2.05) is 18.2 Å². The van der Waals surface area contributed by atoms with E-state index in [1.54, 1.807) is 18.3 Å². The maximum absolute atomic E-state index is 13.7. The Balaban J connectivity index is 1.81. The molecule has 2 N–H and O–H groups in total. The second-order valence-corrected chi connectivity index (χ2v) is 4.66. The number of fused-ring (bicyclic) bond motifs is 2. The molecule has 2 aromatic heterocycles. The molecule has 2 aromatic carbocycles. The zero-order valence-corrected chi connectivity index (χ0v) is 10.8. The lowest BCUT2D eigenvalue weighted by Crippen LogP contribution is -1.96. The van der Waals surface area contributed by atoms with Gasteiger partial charge in [-0.3, -0.25) is 5.10 Å². The highest BCUT2D eigenvalue weighted by Gasteiger charge is 2.08. The van der Waals surface area contributed by atoms with Gasteiger partial charge in [-0.05, 0) is 30.3 Å². The smallest absolute Gasteiger partial charge is 0.149 e. The van der Waals surface area contributed by atoms with Gasteiger partial charge in [0.25, 0.3) is 0 Å². The Hall–Kier alpha value is -3.02. The number of hydrogen-bond acceptors (Lipinski definition) is 4. The van der Waals surface area contributed by atoms with Gasteiger partial charge in [-0.2, -0.15) is 5.10 Å². The van der Waals surface area contributed by atoms with E-state index in [1.165, 1.54) is 12.4 Å². The fourth-order valence-corrected chi connectivity index (χ4v) is 2.31. The highest BCUT2D eigenvalue weighted by Crippen LogP contribution is 2.25. The monoisotopic (exact) mass is 279 g/mol. The van der Waals surface area contributed by atoms with Gasteiger partial charge in [0.1, 0.15) is 23.5 Å². The van der Waals surface area contributed by atoms with Gasteiger partial charge in [-0.15, -0.1) is 0 Å². The number of H-pyrrole nitrogens is 1. The van der Waals surface area contributed by atoms with Gasteiger partial charge >= 0.3 is 0 Å². The summed E-state index contributed by atoms with van der Waals surface area (Å²) in [5.41, 5.74) is 2.12. The van der Waals surface area contributed by atoms with Crippen LogP contribution in [0.15, 0.2) is 48.9 Å². The largest absolute Gasteiger partial charge is 0.340 e. The normalized spacial score (nSPS) is 11.1. The van der Waals surface area contributed by atoms with Crippen molar-refractivity contribution in [3.63, 3.8) is 0 Å². The minimum absolute atomic E-state index is 0.305. The molecular formula is C15H10FN5. The number of nitrogens with one attached hydrogen (secondary N) is 2. The van der Waals surface area contributed by atoms with Crippen molar-refractivity contribution in [2.45, 2.75) is 0 Å². The number of benzene rings is 2. The van der Waals surface area contributed by atoms with E-state index in [9.17, 15) is 4.39 Å². The number of halogens is 1. The van der Waals surface area contributed by atoms with Gasteiger partial charge in [0.15, 0.2) is 0 Å². The van der Waals surface area contributed by atoms with Crippen LogP contribution in [0.25, 0.3) is 21.8 Å². The summed E-state index contributed by atoms with van der Waals surface area (Å²) in [6.07, 6.45) is 3.10. The van der Waals surface area contributed by atoms with Crippen LogP contribution >= 0.6 is 0 Å². The van der Waals surface area contributed by atoms with Gasteiger partial charge in [0.05, 0.1) is 11.7 Å². The number of nitrogens with zero attached hydrogens (tertiary/aromatic N) is 3. The summed E-state index contributed by atoms with van der Waals surface area (Å²) < 4.78 is 13.7. The molecule has 0 radical (unpaired) electrons. The molecule has 4 aromatic rings. The maximum Gasteiger partial charge on any atom is 0.149 e. The molecule has 102 valence electrons. The number of rotatable bonds is 2. The molecule has 0 saturated heterocycles. The Kier molecular flexibility index (Phi) is 2.53. The number of para-hydroxylation sites is 1. The molecule has 0 aliphatic rings. The first-order chi connectivity index (χ1) is 10.3. The molecular weight excluding hydrogens is 269 g/mol. The van der Waals surface area contributed by atoms with Gasteiger partial charge in [0, 0.05) is 16.5 Å². The molecule has 0 bridgehead atoms. The van der Waals surface area contributed by atoms with E-state index in [-0.39, 0.29) is 5.82 Å². The van der Waals surface area contributed by atoms with Crippen molar-refractivity contribution in [1.29, 1.82) is 0 Å². The summed E-state index contributed by atoms with van der Waals surface area (Å²) in [5.74, 6) is 0.214. The lowest BCUT2D eigenvalue weighted by atomic mass is 10.2. The standard InChI is InChI=1S/C15H10FN5/c16-12-3-1-2-11-14(12)17-8-18-15(11)20-10-4-5-13-9(6-10)7-19-21-13/h1-8H,(H,19,21)(H,17,18,20). The van der Waals surface area contributed by atoms with Gasteiger partial charge < -0.3 is 5.32 Å². The molecule has 4 rings (SSSR count). The molecule has 0 aliphatic heterocycles. The first kappa shape index (κ1) is 11.8. The summed E-state index contributed by atoms with van der Waals surface area (Å²) in [4.78, 5) is 8.18. The third-order valence-electron chi connectivity index (χ3n) is 3.32. The second-order valence-electron chi connectivity index (χ2n) is 4.66. The van der Waals surface area contributed by atoms with Crippen molar-refractivity contribution in [3.05, 3.63) is 54.7 Å². The molecule has 0 saturated carbocycles. The van der Waals surface area contributed by atoms with Crippen molar-refractivity contribution in [3.8, 4) is 0 Å². The van der Waals surface area contributed by atoms with Crippen LogP contribution in [0.3, 0.4) is 0 Å². The summed E-state index contributed by atoms with van der Waals surface area (Å²) in [7, 11) is 0. The summed E-state index contributed by atoms with van der Waals surface area (Å²) in [6, 6.07) is 10.6. The van der Waals surface area contributed by atoms with Crippen LogP contribution in [0.1, 0.15) is 0 Å². The topological polar surface area (TPSA) is 66.5 Å². The van der Waals surface area contributed by atoms with Crippen LogP contribution in [-0.4, -0.2) is 20.2 Å². The Bertz CT molecular complexity index is 947. The third-order valence-corrected chi connectivity index (χ3v) is 3.32. The van der Waals surface area contributed by atoms with Crippen LogP contribution in [0, 0.1) is 5.82 Å². The van der Waals surface area contributed by atoms with E-state index in [2.05, 4.69) is 25.5 Å². The van der Waals surface area contributed by atoms with Crippen molar-refractivity contribution in [2.75, 3.05) is 5.32 Å². The van der Waals surface area contributed by atoms with Crippen LogP contribution in [-0.2, 0) is 0 Å². The highest BCUT2D eigenvalue weighted by atomic mass is 19.1. The first-order valence-corrected chi connectivity index (χ1v) is 6.41. The molecule has 0 fully saturated rings. The van der Waals surface area contributed by atoms with Crippen LogP contribution < -0.4 is 5.32 Å². The van der Waals surface area contributed by atoms with Crippen LogP contribution in [0.5, 0.6) is 0 Å². The van der Waals surface area contributed by atoms with E-state index < -0.39 is 0 Å². The number of aromatic amines is 1. The van der Waals surface area contributed by atoms with Gasteiger partial charge in [0.2, 0.25) is 0 Å². The predicted octanol–water partition coefficient (Wildman–Crippen LogP) is 3.39. The zero-order chi connectivity index (χ0) is 14.2. The minimum atomic E-state index is -0.358.